The summed E-state index contributed by atoms with van der Waals surface area (Å²) in [6.07, 6.45) is 4.33. The van der Waals surface area contributed by atoms with Crippen LogP contribution < -0.4 is 36.3 Å². The number of aromatic nitrogens is 2. The molecule has 3 heterocycles. The first-order chi connectivity index (χ1) is 22.2. The highest BCUT2D eigenvalue weighted by Gasteiger charge is 2.43. The summed E-state index contributed by atoms with van der Waals surface area (Å²) in [5.41, 5.74) is 0.660. The molecule has 5 N–H and O–H groups in total. The number of nitrogens with one attached hydrogen (secondary N) is 5. The molecule has 0 saturated heterocycles. The highest BCUT2D eigenvalue weighted by Crippen LogP contribution is 2.43. The van der Waals surface area contributed by atoms with Gasteiger partial charge in [0.2, 0.25) is 11.8 Å². The topological polar surface area (TPSA) is 164 Å². The molecule has 1 atom stereocenters. The van der Waals surface area contributed by atoms with Crippen molar-refractivity contribution in [2.24, 2.45) is 11.3 Å². The minimum Gasteiger partial charge on any atom is -0.493 e. The van der Waals surface area contributed by atoms with Crippen molar-refractivity contribution < 1.29 is 23.9 Å². The van der Waals surface area contributed by atoms with Gasteiger partial charge in [-0.05, 0) is 68.8 Å². The predicted octanol–water partition coefficient (Wildman–Crippen LogP) is 2.71. The van der Waals surface area contributed by atoms with Crippen LogP contribution in [0.2, 0.25) is 0 Å². The smallest absolute Gasteiger partial charge is 0.259 e. The molecule has 0 spiro atoms. The average Bonchev–Trinajstić information content (AvgIpc) is 3.79. The molecule has 1 aliphatic carbocycles. The molecule has 1 saturated carbocycles. The average molecular weight is 689 g/mol. The van der Waals surface area contributed by atoms with Crippen molar-refractivity contribution in [1.82, 2.24) is 31.2 Å². The number of carbonyl (C=O) groups is 3. The Morgan fingerprint density at radius 3 is 2.70 bits per heavy atom. The van der Waals surface area contributed by atoms with E-state index in [4.69, 9.17) is 9.47 Å². The maximum Gasteiger partial charge on any atom is 0.259 e. The van der Waals surface area contributed by atoms with Gasteiger partial charge in [0, 0.05) is 43.9 Å². The van der Waals surface area contributed by atoms with Crippen LogP contribution in [-0.2, 0) is 27.2 Å². The number of methoxy groups -OCH3 is 1. The second-order valence-electron chi connectivity index (χ2n) is 12.3. The molecule has 2 bridgehead atoms. The molecule has 1 aliphatic heterocycles. The van der Waals surface area contributed by atoms with Gasteiger partial charge in [-0.25, -0.2) is 4.98 Å². The number of carbonyl (C=O) groups excluding carboxylic acids is 3. The Hall–Kier alpha value is -3.68. The van der Waals surface area contributed by atoms with Crippen molar-refractivity contribution in [2.45, 2.75) is 58.8 Å². The number of amides is 3. The van der Waals surface area contributed by atoms with Crippen LogP contribution in [0.3, 0.4) is 0 Å². The standard InChI is InChI=1S/C33H44N6O6S.ClH/c1-20-21(2)46-31-29(20)30(42)38-26(39-31)10-12-36-32(43)33(16-22-6-7-22)17-23-8-9-24(44-3)25(15-23)45-18-28(41)35-14-13-34-11-4-5-27(40)37-19-33;/h8-9,15,22,34H,4-7,10-14,16-19H2,1-3H3,(H,35,41)(H,36,43)(H,37,40)(H,38,39,42);1H. The minimum atomic E-state index is -0.934. The van der Waals surface area contributed by atoms with Gasteiger partial charge in [0.15, 0.2) is 18.1 Å². The lowest BCUT2D eigenvalue weighted by molar-refractivity contribution is -0.132. The lowest BCUT2D eigenvalue weighted by Crippen LogP contribution is -2.50. The van der Waals surface area contributed by atoms with Crippen molar-refractivity contribution >= 4 is 51.7 Å². The first-order valence-corrected chi connectivity index (χ1v) is 16.8. The lowest BCUT2D eigenvalue weighted by atomic mass is 9.75. The van der Waals surface area contributed by atoms with Crippen LogP contribution in [0.5, 0.6) is 11.5 Å². The molecule has 2 aromatic heterocycles. The van der Waals surface area contributed by atoms with Crippen LogP contribution in [0.4, 0.5) is 0 Å². The van der Waals surface area contributed by atoms with Gasteiger partial charge in [0.1, 0.15) is 10.7 Å². The number of nitrogens with zero attached hydrogens (tertiary/aromatic N) is 1. The summed E-state index contributed by atoms with van der Waals surface area (Å²) in [5, 5.41) is 12.9. The molecule has 5 rings (SSSR count). The molecule has 0 radical (unpaired) electrons. The van der Waals surface area contributed by atoms with Gasteiger partial charge >= 0.3 is 0 Å². The number of thiophene rings is 1. The van der Waals surface area contributed by atoms with Crippen molar-refractivity contribution in [3.05, 3.63) is 50.4 Å². The summed E-state index contributed by atoms with van der Waals surface area (Å²) >= 11 is 1.49. The molecular weight excluding hydrogens is 644 g/mol. The molecule has 256 valence electrons. The third kappa shape index (κ3) is 9.45. The second-order valence-corrected chi connectivity index (χ2v) is 13.5. The molecule has 1 fully saturated rings. The fourth-order valence-electron chi connectivity index (χ4n) is 5.91. The monoisotopic (exact) mass is 688 g/mol. The van der Waals surface area contributed by atoms with E-state index in [1.165, 1.54) is 18.4 Å². The quantitative estimate of drug-likeness (QED) is 0.253. The zero-order valence-electron chi connectivity index (χ0n) is 27.2. The summed E-state index contributed by atoms with van der Waals surface area (Å²) < 4.78 is 11.4. The number of H-pyrrole nitrogens is 1. The molecule has 3 aromatic rings. The summed E-state index contributed by atoms with van der Waals surface area (Å²) in [4.78, 5) is 61.6. The van der Waals surface area contributed by atoms with E-state index in [1.54, 1.807) is 6.07 Å². The van der Waals surface area contributed by atoms with E-state index in [1.807, 2.05) is 26.0 Å². The Balaban J connectivity index is 0.00000500. The molecule has 3 amide bonds. The fraction of sp³-hybridized carbons (Fsp3) is 0.545. The highest BCUT2D eigenvalue weighted by molar-refractivity contribution is 7.18. The highest BCUT2D eigenvalue weighted by atomic mass is 35.5. The SMILES string of the molecule is COc1ccc2cc1OCC(=O)NCCNCCCC(=O)NCC(CC1CC1)(C(=O)NCCc1nc3sc(C)c(C)c3c(=O)[nH]1)C2.Cl. The van der Waals surface area contributed by atoms with E-state index < -0.39 is 5.41 Å². The number of halogens is 1. The largest absolute Gasteiger partial charge is 0.493 e. The fourth-order valence-corrected chi connectivity index (χ4v) is 6.96. The Kier molecular flexibility index (Phi) is 12.6. The third-order valence-electron chi connectivity index (χ3n) is 8.73. The zero-order chi connectivity index (χ0) is 32.7. The van der Waals surface area contributed by atoms with Crippen LogP contribution in [0.1, 0.15) is 53.9 Å². The zero-order valence-corrected chi connectivity index (χ0v) is 28.8. The third-order valence-corrected chi connectivity index (χ3v) is 9.83. The molecular formula is C33H45ClN6O6S. The van der Waals surface area contributed by atoms with E-state index in [9.17, 15) is 19.2 Å². The Bertz CT molecular complexity index is 1640. The van der Waals surface area contributed by atoms with E-state index in [-0.39, 0.29) is 55.4 Å². The van der Waals surface area contributed by atoms with Crippen molar-refractivity contribution in [2.75, 3.05) is 46.4 Å². The van der Waals surface area contributed by atoms with Crippen LogP contribution in [0, 0.1) is 25.2 Å². The van der Waals surface area contributed by atoms with E-state index >= 15 is 0 Å². The van der Waals surface area contributed by atoms with E-state index in [2.05, 4.69) is 31.2 Å². The van der Waals surface area contributed by atoms with Gasteiger partial charge in [-0.2, -0.15) is 0 Å². The van der Waals surface area contributed by atoms with Crippen LogP contribution in [0.25, 0.3) is 10.2 Å². The summed E-state index contributed by atoms with van der Waals surface area (Å²) in [5.74, 6) is 1.25. The van der Waals surface area contributed by atoms with Gasteiger partial charge in [-0.15, -0.1) is 23.7 Å². The maximum atomic E-state index is 14.2. The van der Waals surface area contributed by atoms with E-state index in [0.29, 0.717) is 85.2 Å². The van der Waals surface area contributed by atoms with Crippen molar-refractivity contribution in [1.29, 1.82) is 0 Å². The number of hydrogen-bond acceptors (Lipinski definition) is 9. The van der Waals surface area contributed by atoms with Gasteiger partial charge in [-0.3, -0.25) is 19.2 Å². The molecule has 12 nitrogen and oxygen atoms in total. The molecule has 47 heavy (non-hydrogen) atoms. The van der Waals surface area contributed by atoms with Crippen LogP contribution in [0.15, 0.2) is 23.0 Å². The summed E-state index contributed by atoms with van der Waals surface area (Å²) in [7, 11) is 1.53. The number of benzene rings is 1. The molecule has 1 aromatic carbocycles. The minimum absolute atomic E-state index is 0. The number of aryl methyl sites for hydroxylation is 2. The van der Waals surface area contributed by atoms with Crippen LogP contribution in [-0.4, -0.2) is 74.1 Å². The van der Waals surface area contributed by atoms with Gasteiger partial charge in [0.05, 0.1) is 17.9 Å². The first-order valence-electron chi connectivity index (χ1n) is 16.0. The second kappa shape index (κ2) is 16.4. The van der Waals surface area contributed by atoms with Crippen LogP contribution >= 0.6 is 23.7 Å². The van der Waals surface area contributed by atoms with Crippen molar-refractivity contribution in [3.63, 3.8) is 0 Å². The Labute approximate surface area is 284 Å². The Morgan fingerprint density at radius 1 is 1.13 bits per heavy atom. The van der Waals surface area contributed by atoms with Crippen molar-refractivity contribution in [3.8, 4) is 11.5 Å². The maximum absolute atomic E-state index is 14.2. The molecule has 1 unspecified atom stereocenters. The van der Waals surface area contributed by atoms with Gasteiger partial charge in [-0.1, -0.05) is 18.9 Å². The van der Waals surface area contributed by atoms with E-state index in [0.717, 1.165) is 28.8 Å². The number of hydrogen-bond donors (Lipinski definition) is 5. The summed E-state index contributed by atoms with van der Waals surface area (Å²) in [6, 6.07) is 5.47. The Morgan fingerprint density at radius 2 is 1.94 bits per heavy atom. The number of aromatic amines is 1. The number of ether oxygens (including phenoxy) is 2. The first kappa shape index (κ1) is 36.2. The van der Waals surface area contributed by atoms with Gasteiger partial charge in [0.25, 0.3) is 11.5 Å². The number of fused-ring (bicyclic) bond motifs is 3. The molecule has 2 aliphatic rings. The van der Waals surface area contributed by atoms with Gasteiger partial charge < -0.3 is 35.7 Å². The lowest BCUT2D eigenvalue weighted by Gasteiger charge is -2.33. The molecule has 14 heteroatoms. The summed E-state index contributed by atoms with van der Waals surface area (Å²) in [6.45, 7) is 5.82. The normalized spacial score (nSPS) is 19.7. The number of rotatable bonds is 7. The predicted molar refractivity (Wildman–Crippen MR) is 184 cm³/mol.